The van der Waals surface area contributed by atoms with Gasteiger partial charge in [0, 0.05) is 17.2 Å². The van der Waals surface area contributed by atoms with Crippen LogP contribution in [0.2, 0.25) is 0 Å². The van der Waals surface area contributed by atoms with E-state index in [0.29, 0.717) is 12.0 Å². The Morgan fingerprint density at radius 2 is 1.39 bits per heavy atom. The Bertz CT molecular complexity index is 1220. The zero-order chi connectivity index (χ0) is 21.7. The third kappa shape index (κ3) is 5.10. The van der Waals surface area contributed by atoms with Crippen LogP contribution in [-0.4, -0.2) is 19.4 Å². The molecule has 3 aromatic carbocycles. The molecule has 0 radical (unpaired) electrons. The molecule has 31 heavy (non-hydrogen) atoms. The van der Waals surface area contributed by atoms with Gasteiger partial charge in [-0.2, -0.15) is 4.98 Å². The molecule has 5 nitrogen and oxygen atoms in total. The lowest BCUT2D eigenvalue weighted by molar-refractivity contribution is 0.542. The molecule has 6 heteroatoms. The first-order valence-corrected chi connectivity index (χ1v) is 11.7. The minimum atomic E-state index is -3.88. The van der Waals surface area contributed by atoms with E-state index in [1.54, 1.807) is 0 Å². The van der Waals surface area contributed by atoms with E-state index in [2.05, 4.69) is 9.71 Å². The van der Waals surface area contributed by atoms with Crippen LogP contribution in [0.4, 0.5) is 0 Å². The van der Waals surface area contributed by atoms with Gasteiger partial charge >= 0.3 is 0 Å². The second-order valence-electron chi connectivity index (χ2n) is 7.43. The van der Waals surface area contributed by atoms with Crippen molar-refractivity contribution in [1.29, 1.82) is 0 Å². The maximum absolute atomic E-state index is 13.3. The van der Waals surface area contributed by atoms with E-state index >= 15 is 0 Å². The van der Waals surface area contributed by atoms with Gasteiger partial charge in [0.05, 0.1) is 0 Å². The Labute approximate surface area is 182 Å². The van der Waals surface area contributed by atoms with Gasteiger partial charge in [0.25, 0.3) is 10.0 Å². The van der Waals surface area contributed by atoms with Crippen LogP contribution in [0.5, 0.6) is 0 Å². The zero-order valence-electron chi connectivity index (χ0n) is 17.2. The molecule has 0 bridgehead atoms. The van der Waals surface area contributed by atoms with Gasteiger partial charge in [-0.3, -0.25) is 0 Å². The van der Waals surface area contributed by atoms with E-state index in [0.717, 1.165) is 12.0 Å². The van der Waals surface area contributed by atoms with Crippen LogP contribution >= 0.6 is 0 Å². The van der Waals surface area contributed by atoms with E-state index < -0.39 is 10.0 Å². The molecule has 0 aliphatic rings. The van der Waals surface area contributed by atoms with Gasteiger partial charge in [-0.1, -0.05) is 78.9 Å². The summed E-state index contributed by atoms with van der Waals surface area (Å²) in [6.07, 6.45) is 1.46. The summed E-state index contributed by atoms with van der Waals surface area (Å²) in [4.78, 5) is 4.38. The van der Waals surface area contributed by atoms with Crippen LogP contribution in [0.15, 0.2) is 100 Å². The molecule has 1 aromatic heterocycles. The van der Waals surface area contributed by atoms with Crippen molar-refractivity contribution in [3.63, 3.8) is 0 Å². The van der Waals surface area contributed by atoms with Crippen LogP contribution in [0.3, 0.4) is 0 Å². The molecule has 0 aliphatic heterocycles. The lowest BCUT2D eigenvalue weighted by Crippen LogP contribution is -2.33. The van der Waals surface area contributed by atoms with Gasteiger partial charge < -0.3 is 4.42 Å². The maximum atomic E-state index is 13.3. The van der Waals surface area contributed by atoms with Crippen molar-refractivity contribution in [3.05, 3.63) is 96.6 Å². The average Bonchev–Trinajstić information content (AvgIpc) is 3.26. The third-order valence-corrected chi connectivity index (χ3v) is 6.47. The lowest BCUT2D eigenvalue weighted by atomic mass is 10.1. The second-order valence-corrected chi connectivity index (χ2v) is 9.06. The molecule has 1 heterocycles. The molecule has 0 amide bonds. The fourth-order valence-corrected chi connectivity index (χ4v) is 4.74. The number of aryl methyl sites for hydroxylation is 1. The highest BCUT2D eigenvalue weighted by Gasteiger charge is 2.28. The highest BCUT2D eigenvalue weighted by molar-refractivity contribution is 7.89. The van der Waals surface area contributed by atoms with E-state index in [1.165, 1.54) is 5.56 Å². The summed E-state index contributed by atoms with van der Waals surface area (Å²) in [5.74, 6) is 0.513. The van der Waals surface area contributed by atoms with Gasteiger partial charge in [0.1, 0.15) is 0 Å². The van der Waals surface area contributed by atoms with Crippen LogP contribution in [0.1, 0.15) is 18.9 Å². The Morgan fingerprint density at radius 3 is 2.00 bits per heavy atom. The Morgan fingerprint density at radius 1 is 0.839 bits per heavy atom. The van der Waals surface area contributed by atoms with Crippen LogP contribution in [0, 0.1) is 0 Å². The average molecular weight is 433 g/mol. The summed E-state index contributed by atoms with van der Waals surface area (Å²) in [6, 6.07) is 28.2. The molecule has 0 spiro atoms. The lowest BCUT2D eigenvalue weighted by Gasteiger charge is -2.13. The van der Waals surface area contributed by atoms with Gasteiger partial charge in [-0.25, -0.2) is 13.1 Å². The first-order valence-electron chi connectivity index (χ1n) is 10.2. The van der Waals surface area contributed by atoms with Crippen molar-refractivity contribution in [3.8, 4) is 22.8 Å². The summed E-state index contributed by atoms with van der Waals surface area (Å²) in [5.41, 5.74) is 2.55. The fraction of sp³-hybridized carbons (Fsp3) is 0.160. The second kappa shape index (κ2) is 9.29. The number of aromatic nitrogens is 1. The SMILES string of the molecule is CC(CCc1ccccc1)NS(=O)(=O)c1nc(-c2ccccc2)oc1-c1ccccc1. The molecule has 1 unspecified atom stereocenters. The van der Waals surface area contributed by atoms with Gasteiger partial charge in [0.15, 0.2) is 5.76 Å². The van der Waals surface area contributed by atoms with Crippen molar-refractivity contribution in [2.24, 2.45) is 0 Å². The fourth-order valence-electron chi connectivity index (χ4n) is 3.37. The summed E-state index contributed by atoms with van der Waals surface area (Å²) in [7, 11) is -3.88. The number of oxazole rings is 1. The summed E-state index contributed by atoms with van der Waals surface area (Å²) < 4.78 is 35.2. The van der Waals surface area contributed by atoms with Crippen LogP contribution in [-0.2, 0) is 16.4 Å². The number of nitrogens with zero attached hydrogens (tertiary/aromatic N) is 1. The van der Waals surface area contributed by atoms with E-state index in [-0.39, 0.29) is 22.7 Å². The maximum Gasteiger partial charge on any atom is 0.262 e. The molecule has 0 fully saturated rings. The molecule has 4 rings (SSSR count). The van der Waals surface area contributed by atoms with Crippen molar-refractivity contribution in [2.75, 3.05) is 0 Å². The number of rotatable bonds is 8. The minimum Gasteiger partial charge on any atom is -0.435 e. The molecular weight excluding hydrogens is 408 g/mol. The van der Waals surface area contributed by atoms with Gasteiger partial charge in [0.2, 0.25) is 10.9 Å². The molecule has 1 atom stereocenters. The normalized spacial score (nSPS) is 12.5. The van der Waals surface area contributed by atoms with E-state index in [9.17, 15) is 8.42 Å². The Hall–Kier alpha value is -3.22. The molecule has 0 saturated carbocycles. The summed E-state index contributed by atoms with van der Waals surface area (Å²) in [6.45, 7) is 1.86. The molecular formula is C25H24N2O3S. The molecule has 1 N–H and O–H groups in total. The largest absolute Gasteiger partial charge is 0.435 e. The van der Waals surface area contributed by atoms with Crippen molar-refractivity contribution in [1.82, 2.24) is 9.71 Å². The highest BCUT2D eigenvalue weighted by Crippen LogP contribution is 2.32. The van der Waals surface area contributed by atoms with Crippen molar-refractivity contribution >= 4 is 10.0 Å². The first-order chi connectivity index (χ1) is 15.0. The molecule has 158 valence electrons. The number of hydrogen-bond acceptors (Lipinski definition) is 4. The van der Waals surface area contributed by atoms with Crippen molar-refractivity contribution < 1.29 is 12.8 Å². The molecule has 0 aliphatic carbocycles. The monoisotopic (exact) mass is 432 g/mol. The van der Waals surface area contributed by atoms with E-state index in [4.69, 9.17) is 4.42 Å². The summed E-state index contributed by atoms with van der Waals surface area (Å²) in [5, 5.41) is -0.0934. The van der Waals surface area contributed by atoms with Crippen LogP contribution < -0.4 is 4.72 Å². The number of nitrogens with one attached hydrogen (secondary N) is 1. The molecule has 0 saturated heterocycles. The predicted octanol–water partition coefficient (Wildman–Crippen LogP) is 5.31. The smallest absolute Gasteiger partial charge is 0.262 e. The zero-order valence-corrected chi connectivity index (χ0v) is 18.0. The number of hydrogen-bond donors (Lipinski definition) is 1. The Kier molecular flexibility index (Phi) is 6.30. The highest BCUT2D eigenvalue weighted by atomic mass is 32.2. The Balaban J connectivity index is 1.62. The number of sulfonamides is 1. The summed E-state index contributed by atoms with van der Waals surface area (Å²) >= 11 is 0. The molecule has 4 aromatic rings. The van der Waals surface area contributed by atoms with Crippen molar-refractivity contribution in [2.45, 2.75) is 30.8 Å². The van der Waals surface area contributed by atoms with Crippen LogP contribution in [0.25, 0.3) is 22.8 Å². The standard InChI is InChI=1S/C25H24N2O3S/c1-19(17-18-20-11-5-2-6-12-20)27-31(28,29)25-23(21-13-7-3-8-14-21)30-24(26-25)22-15-9-4-10-16-22/h2-16,19,27H,17-18H2,1H3. The minimum absolute atomic E-state index is 0.0934. The number of benzene rings is 3. The van der Waals surface area contributed by atoms with Gasteiger partial charge in [-0.15, -0.1) is 0 Å². The topological polar surface area (TPSA) is 72.2 Å². The predicted molar refractivity (Wildman–Crippen MR) is 122 cm³/mol. The third-order valence-electron chi connectivity index (χ3n) is 4.97. The van der Waals surface area contributed by atoms with E-state index in [1.807, 2.05) is 97.9 Å². The first kappa shape index (κ1) is 21.0. The quantitative estimate of drug-likeness (QED) is 0.410. The van der Waals surface area contributed by atoms with Gasteiger partial charge in [-0.05, 0) is 37.5 Å².